The summed E-state index contributed by atoms with van der Waals surface area (Å²) in [7, 11) is 0. The van der Waals surface area contributed by atoms with Crippen LogP contribution in [0.1, 0.15) is 30.9 Å². The van der Waals surface area contributed by atoms with Gasteiger partial charge in [0.2, 0.25) is 11.8 Å². The summed E-state index contributed by atoms with van der Waals surface area (Å²) in [6.07, 6.45) is 2.60. The number of benzene rings is 2. The topological polar surface area (TPSA) is 70.6 Å². The molecule has 0 atom stereocenters. The van der Waals surface area contributed by atoms with E-state index in [1.165, 1.54) is 11.8 Å². The van der Waals surface area contributed by atoms with Crippen LogP contribution in [-0.4, -0.2) is 18.0 Å². The minimum absolute atomic E-state index is 0.0613. The van der Waals surface area contributed by atoms with Gasteiger partial charge < -0.3 is 5.32 Å². The highest BCUT2D eigenvalue weighted by atomic mass is 35.5. The fourth-order valence-corrected chi connectivity index (χ4v) is 2.29. The van der Waals surface area contributed by atoms with Crippen molar-refractivity contribution in [2.24, 2.45) is 5.10 Å². The lowest BCUT2D eigenvalue weighted by molar-refractivity contribution is -0.124. The van der Waals surface area contributed by atoms with Gasteiger partial charge in [-0.1, -0.05) is 42.8 Å². The van der Waals surface area contributed by atoms with Crippen molar-refractivity contribution < 1.29 is 9.59 Å². The molecule has 0 radical (unpaired) electrons. The molecule has 2 rings (SSSR count). The number of halogens is 1. The zero-order valence-electron chi connectivity index (χ0n) is 14.0. The van der Waals surface area contributed by atoms with Crippen LogP contribution in [-0.2, 0) is 16.0 Å². The third kappa shape index (κ3) is 6.77. The maximum absolute atomic E-state index is 11.9. The number of hydrogen-bond donors (Lipinski definition) is 2. The third-order valence-electron chi connectivity index (χ3n) is 3.48. The first-order chi connectivity index (χ1) is 12.1. The molecular formula is C19H20ClN3O2. The van der Waals surface area contributed by atoms with Gasteiger partial charge in [-0.25, -0.2) is 5.43 Å². The zero-order chi connectivity index (χ0) is 18.1. The summed E-state index contributed by atoms with van der Waals surface area (Å²) in [4.78, 5) is 23.6. The van der Waals surface area contributed by atoms with Crippen LogP contribution in [0.4, 0.5) is 5.69 Å². The van der Waals surface area contributed by atoms with Gasteiger partial charge in [-0.05, 0) is 41.8 Å². The van der Waals surface area contributed by atoms with Crippen LogP contribution in [0.3, 0.4) is 0 Å². The molecule has 0 aromatic heterocycles. The molecule has 2 aromatic rings. The van der Waals surface area contributed by atoms with E-state index in [-0.39, 0.29) is 24.7 Å². The number of nitrogens with zero attached hydrogens (tertiary/aromatic N) is 1. The number of anilines is 1. The minimum atomic E-state index is -0.324. The molecule has 2 amide bonds. The molecule has 0 fully saturated rings. The van der Waals surface area contributed by atoms with Crippen LogP contribution in [0, 0.1) is 0 Å². The first kappa shape index (κ1) is 18.7. The first-order valence-electron chi connectivity index (χ1n) is 8.03. The molecule has 0 bridgehead atoms. The highest BCUT2D eigenvalue weighted by Crippen LogP contribution is 2.11. The van der Waals surface area contributed by atoms with Crippen molar-refractivity contribution in [3.05, 3.63) is 64.7 Å². The quantitative estimate of drug-likeness (QED) is 0.585. The Balaban J connectivity index is 1.72. The predicted octanol–water partition coefficient (Wildman–Crippen LogP) is 3.77. The highest BCUT2D eigenvalue weighted by molar-refractivity contribution is 6.30. The molecule has 0 heterocycles. The summed E-state index contributed by atoms with van der Waals surface area (Å²) in [6, 6.07) is 14.7. The Morgan fingerprint density at radius 1 is 1.08 bits per heavy atom. The molecule has 0 saturated carbocycles. The molecule has 25 heavy (non-hydrogen) atoms. The second kappa shape index (κ2) is 9.59. The molecule has 2 aromatic carbocycles. The van der Waals surface area contributed by atoms with Crippen molar-refractivity contribution in [3.63, 3.8) is 0 Å². The zero-order valence-corrected chi connectivity index (χ0v) is 14.7. The summed E-state index contributed by atoms with van der Waals surface area (Å²) >= 11 is 5.86. The van der Waals surface area contributed by atoms with Gasteiger partial charge in [-0.2, -0.15) is 5.10 Å². The van der Waals surface area contributed by atoms with Crippen LogP contribution in [0.5, 0.6) is 0 Å². The van der Waals surface area contributed by atoms with E-state index in [0.717, 1.165) is 17.7 Å². The van der Waals surface area contributed by atoms with Gasteiger partial charge in [0.05, 0.1) is 6.21 Å². The first-order valence-corrected chi connectivity index (χ1v) is 8.41. The van der Waals surface area contributed by atoms with E-state index in [1.54, 1.807) is 18.2 Å². The number of aryl methyl sites for hydroxylation is 1. The monoisotopic (exact) mass is 357 g/mol. The molecular weight excluding hydrogens is 338 g/mol. The maximum Gasteiger partial charge on any atom is 0.240 e. The van der Waals surface area contributed by atoms with E-state index in [1.807, 2.05) is 30.3 Å². The van der Waals surface area contributed by atoms with Crippen molar-refractivity contribution in [1.82, 2.24) is 5.43 Å². The van der Waals surface area contributed by atoms with E-state index in [9.17, 15) is 9.59 Å². The van der Waals surface area contributed by atoms with E-state index in [0.29, 0.717) is 5.02 Å². The predicted molar refractivity (Wildman–Crippen MR) is 101 cm³/mol. The largest absolute Gasteiger partial charge is 0.326 e. The summed E-state index contributed by atoms with van der Waals surface area (Å²) in [5.41, 5.74) is 5.10. The highest BCUT2D eigenvalue weighted by Gasteiger charge is 2.06. The molecule has 130 valence electrons. The van der Waals surface area contributed by atoms with Crippen LogP contribution in [0.25, 0.3) is 0 Å². The Labute approximate surface area is 152 Å². The molecule has 2 N–H and O–H groups in total. The van der Waals surface area contributed by atoms with Crippen molar-refractivity contribution in [3.8, 4) is 0 Å². The lowest BCUT2D eigenvalue weighted by Crippen LogP contribution is -2.20. The molecule has 0 unspecified atom stereocenters. The number of rotatable bonds is 7. The van der Waals surface area contributed by atoms with Gasteiger partial charge in [0.25, 0.3) is 0 Å². The van der Waals surface area contributed by atoms with Crippen molar-refractivity contribution in [2.75, 3.05) is 5.32 Å². The Morgan fingerprint density at radius 2 is 1.80 bits per heavy atom. The molecule has 0 saturated heterocycles. The standard InChI is InChI=1S/C19H20ClN3O2/c1-2-14-6-8-17(9-7-14)22-18(24)10-11-19(25)23-21-13-15-4-3-5-16(20)12-15/h3-9,12-13H,2,10-11H2,1H3,(H,22,24)(H,23,25)/b21-13-. The summed E-state index contributed by atoms with van der Waals surface area (Å²) < 4.78 is 0. The van der Waals surface area contributed by atoms with Gasteiger partial charge in [0.1, 0.15) is 0 Å². The Morgan fingerprint density at radius 3 is 2.48 bits per heavy atom. The van der Waals surface area contributed by atoms with Crippen LogP contribution in [0.2, 0.25) is 5.02 Å². The second-order valence-corrected chi connectivity index (χ2v) is 5.88. The van der Waals surface area contributed by atoms with Crippen LogP contribution < -0.4 is 10.7 Å². The van der Waals surface area contributed by atoms with Gasteiger partial charge >= 0.3 is 0 Å². The third-order valence-corrected chi connectivity index (χ3v) is 3.71. The Kier molecular flexibility index (Phi) is 7.16. The van der Waals surface area contributed by atoms with Crippen LogP contribution >= 0.6 is 11.6 Å². The number of carbonyl (C=O) groups excluding carboxylic acids is 2. The number of hydrazone groups is 1. The SMILES string of the molecule is CCc1ccc(NC(=O)CCC(=O)N/N=C\c2cccc(Cl)c2)cc1. The molecule has 5 nitrogen and oxygen atoms in total. The van der Waals surface area contributed by atoms with E-state index in [4.69, 9.17) is 11.6 Å². The maximum atomic E-state index is 11.9. The van der Waals surface area contributed by atoms with E-state index in [2.05, 4.69) is 22.8 Å². The number of carbonyl (C=O) groups is 2. The van der Waals surface area contributed by atoms with Gasteiger partial charge in [0, 0.05) is 23.6 Å². The number of nitrogens with one attached hydrogen (secondary N) is 2. The van der Waals surface area contributed by atoms with E-state index < -0.39 is 0 Å². The fraction of sp³-hybridized carbons (Fsp3) is 0.211. The summed E-state index contributed by atoms with van der Waals surface area (Å²) in [5.74, 6) is -0.534. The van der Waals surface area contributed by atoms with Crippen LogP contribution in [0.15, 0.2) is 53.6 Å². The van der Waals surface area contributed by atoms with Gasteiger partial charge in [0.15, 0.2) is 0 Å². The number of amides is 2. The molecule has 0 aliphatic rings. The van der Waals surface area contributed by atoms with Gasteiger partial charge in [-0.15, -0.1) is 0 Å². The summed E-state index contributed by atoms with van der Waals surface area (Å²) in [6.45, 7) is 2.07. The van der Waals surface area contributed by atoms with E-state index >= 15 is 0 Å². The average molecular weight is 358 g/mol. The average Bonchev–Trinajstić information content (AvgIpc) is 2.61. The van der Waals surface area contributed by atoms with Crippen molar-refractivity contribution >= 4 is 35.3 Å². The Hall–Kier alpha value is -2.66. The minimum Gasteiger partial charge on any atom is -0.326 e. The molecule has 0 aliphatic carbocycles. The normalized spacial score (nSPS) is 10.6. The number of hydrogen-bond acceptors (Lipinski definition) is 3. The van der Waals surface area contributed by atoms with Gasteiger partial charge in [-0.3, -0.25) is 9.59 Å². The lowest BCUT2D eigenvalue weighted by atomic mass is 10.1. The Bertz CT molecular complexity index is 758. The smallest absolute Gasteiger partial charge is 0.240 e. The summed E-state index contributed by atoms with van der Waals surface area (Å²) in [5, 5.41) is 7.21. The second-order valence-electron chi connectivity index (χ2n) is 5.45. The fourth-order valence-electron chi connectivity index (χ4n) is 2.10. The lowest BCUT2D eigenvalue weighted by Gasteiger charge is -2.05. The molecule has 0 aliphatic heterocycles. The van der Waals surface area contributed by atoms with Crippen molar-refractivity contribution in [2.45, 2.75) is 26.2 Å². The van der Waals surface area contributed by atoms with Crippen molar-refractivity contribution in [1.29, 1.82) is 0 Å². The molecule has 6 heteroatoms. The molecule has 0 spiro atoms.